The molecule has 32 heavy (non-hydrogen) atoms. The van der Waals surface area contributed by atoms with Crippen molar-refractivity contribution in [2.24, 2.45) is 0 Å². The molecule has 0 aliphatic carbocycles. The van der Waals surface area contributed by atoms with Gasteiger partial charge in [0, 0.05) is 18.7 Å². The summed E-state index contributed by atoms with van der Waals surface area (Å²) in [6.07, 6.45) is 1.35. The highest BCUT2D eigenvalue weighted by atomic mass is 35.5. The Balaban J connectivity index is 1.81. The number of anilines is 1. The molecule has 1 aromatic heterocycles. The van der Waals surface area contributed by atoms with Crippen molar-refractivity contribution in [2.45, 2.75) is 25.9 Å². The van der Waals surface area contributed by atoms with Gasteiger partial charge in [-0.15, -0.1) is 0 Å². The van der Waals surface area contributed by atoms with E-state index < -0.39 is 27.1 Å². The first-order chi connectivity index (χ1) is 15.2. The highest BCUT2D eigenvalue weighted by Gasteiger charge is 2.30. The first-order valence-corrected chi connectivity index (χ1v) is 10.9. The Morgan fingerprint density at radius 2 is 1.94 bits per heavy atom. The summed E-state index contributed by atoms with van der Waals surface area (Å²) in [7, 11) is 0. The minimum atomic E-state index is -0.769. The van der Waals surface area contributed by atoms with Crippen molar-refractivity contribution < 1.29 is 19.4 Å². The van der Waals surface area contributed by atoms with E-state index >= 15 is 0 Å². The maximum Gasteiger partial charge on any atom is 0.277 e. The molecule has 1 atom stereocenters. The molecule has 1 fully saturated rings. The van der Waals surface area contributed by atoms with Crippen LogP contribution in [-0.2, 0) is 4.74 Å². The maximum absolute atomic E-state index is 13.5. The van der Waals surface area contributed by atoms with Crippen LogP contribution in [0.4, 0.5) is 16.5 Å². The van der Waals surface area contributed by atoms with Crippen LogP contribution in [0, 0.1) is 27.2 Å². The minimum Gasteiger partial charge on any atom is -0.376 e. The molecule has 1 amide bonds. The molecule has 12 heteroatoms. The molecule has 0 bridgehead atoms. The van der Waals surface area contributed by atoms with E-state index in [-0.39, 0.29) is 18.2 Å². The highest BCUT2D eigenvalue weighted by Crippen LogP contribution is 2.37. The lowest BCUT2D eigenvalue weighted by atomic mass is 10.1. The molecule has 10 nitrogen and oxygen atoms in total. The van der Waals surface area contributed by atoms with Gasteiger partial charge >= 0.3 is 0 Å². The number of nitro groups is 2. The van der Waals surface area contributed by atoms with Crippen LogP contribution in [0.15, 0.2) is 30.3 Å². The number of halogens is 1. The number of aryl methyl sites for hydroxylation is 1. The number of thiazole rings is 1. The predicted molar refractivity (Wildman–Crippen MR) is 120 cm³/mol. The first-order valence-electron chi connectivity index (χ1n) is 9.67. The molecule has 166 valence electrons. The molecule has 4 rings (SSSR count). The average molecular weight is 477 g/mol. The summed E-state index contributed by atoms with van der Waals surface area (Å²) in [5.74, 6) is -0.639. The Labute approximate surface area is 190 Å². The van der Waals surface area contributed by atoms with E-state index in [2.05, 4.69) is 4.98 Å². The van der Waals surface area contributed by atoms with Gasteiger partial charge in [0.05, 0.1) is 49.4 Å². The Hall–Kier alpha value is -3.15. The van der Waals surface area contributed by atoms with Gasteiger partial charge in [0.25, 0.3) is 17.3 Å². The largest absolute Gasteiger partial charge is 0.376 e. The number of hydrogen-bond donors (Lipinski definition) is 0. The van der Waals surface area contributed by atoms with E-state index in [0.717, 1.165) is 36.6 Å². The van der Waals surface area contributed by atoms with E-state index in [0.29, 0.717) is 27.0 Å². The summed E-state index contributed by atoms with van der Waals surface area (Å²) in [6, 6.07) is 6.45. The van der Waals surface area contributed by atoms with Crippen molar-refractivity contribution in [3.63, 3.8) is 0 Å². The molecule has 3 aromatic rings. The molecule has 1 aliphatic heterocycles. The third-order valence-electron chi connectivity index (χ3n) is 5.14. The van der Waals surface area contributed by atoms with Gasteiger partial charge in [-0.05, 0) is 31.4 Å². The van der Waals surface area contributed by atoms with Crippen molar-refractivity contribution >= 4 is 55.6 Å². The number of fused-ring (bicyclic) bond motifs is 1. The molecule has 0 radical (unpaired) electrons. The molecular weight excluding hydrogens is 460 g/mol. The smallest absolute Gasteiger partial charge is 0.277 e. The van der Waals surface area contributed by atoms with E-state index in [4.69, 9.17) is 16.3 Å². The van der Waals surface area contributed by atoms with Crippen LogP contribution in [0.2, 0.25) is 5.02 Å². The molecule has 1 aliphatic rings. The molecule has 2 aromatic carbocycles. The van der Waals surface area contributed by atoms with Crippen molar-refractivity contribution in [3.8, 4) is 0 Å². The molecule has 0 spiro atoms. The molecule has 0 N–H and O–H groups in total. The summed E-state index contributed by atoms with van der Waals surface area (Å²) < 4.78 is 6.38. The van der Waals surface area contributed by atoms with Crippen LogP contribution in [-0.4, -0.2) is 40.0 Å². The summed E-state index contributed by atoms with van der Waals surface area (Å²) in [5, 5.41) is 23.4. The van der Waals surface area contributed by atoms with Gasteiger partial charge in [0.2, 0.25) is 0 Å². The number of hydrogen-bond acceptors (Lipinski definition) is 8. The van der Waals surface area contributed by atoms with E-state index in [1.165, 1.54) is 16.2 Å². The second-order valence-corrected chi connectivity index (χ2v) is 8.73. The lowest BCUT2D eigenvalue weighted by Crippen LogP contribution is -2.37. The number of carbonyl (C=O) groups is 1. The van der Waals surface area contributed by atoms with Crippen LogP contribution in [0.3, 0.4) is 0 Å². The maximum atomic E-state index is 13.5. The van der Waals surface area contributed by atoms with Gasteiger partial charge in [0.1, 0.15) is 0 Å². The average Bonchev–Trinajstić information content (AvgIpc) is 3.44. The minimum absolute atomic E-state index is 0.159. The summed E-state index contributed by atoms with van der Waals surface area (Å²) >= 11 is 7.53. The molecular formula is C20H17ClN4O6S. The molecule has 0 saturated carbocycles. The van der Waals surface area contributed by atoms with Crippen LogP contribution in [0.5, 0.6) is 0 Å². The van der Waals surface area contributed by atoms with Gasteiger partial charge in [-0.3, -0.25) is 29.9 Å². The van der Waals surface area contributed by atoms with Crippen LogP contribution < -0.4 is 4.90 Å². The zero-order valence-electron chi connectivity index (χ0n) is 16.8. The predicted octanol–water partition coefficient (Wildman–Crippen LogP) is 4.90. The number of nitrogens with zero attached hydrogens (tertiary/aromatic N) is 4. The Bertz CT molecular complexity index is 1170. The fraction of sp³-hybridized carbons (Fsp3) is 0.300. The highest BCUT2D eigenvalue weighted by molar-refractivity contribution is 7.23. The van der Waals surface area contributed by atoms with Crippen molar-refractivity contribution in [2.75, 3.05) is 18.1 Å². The lowest BCUT2D eigenvalue weighted by Gasteiger charge is -2.23. The third-order valence-corrected chi connectivity index (χ3v) is 6.68. The zero-order chi connectivity index (χ0) is 23.0. The van der Waals surface area contributed by atoms with Crippen LogP contribution in [0.1, 0.15) is 28.8 Å². The van der Waals surface area contributed by atoms with Crippen molar-refractivity contribution in [1.82, 2.24) is 4.98 Å². The van der Waals surface area contributed by atoms with Gasteiger partial charge in [-0.25, -0.2) is 4.98 Å². The molecule has 2 heterocycles. The number of carbonyl (C=O) groups excluding carboxylic acids is 1. The van der Waals surface area contributed by atoms with Gasteiger partial charge in [-0.1, -0.05) is 29.0 Å². The number of aromatic nitrogens is 1. The number of benzene rings is 2. The Morgan fingerprint density at radius 1 is 1.25 bits per heavy atom. The second kappa shape index (κ2) is 8.77. The standard InChI is InChI=1S/C20H17ClN4O6S/c1-11-4-5-16(21)18-17(11)22-20(32-18)23(10-15-3-2-6-31-15)19(26)12-7-13(24(27)28)9-14(8-12)25(29)30/h4-5,7-9,15H,2-3,6,10H2,1H3. The Kier molecular flexibility index (Phi) is 6.04. The van der Waals surface area contributed by atoms with Gasteiger partial charge in [-0.2, -0.15) is 0 Å². The fourth-order valence-electron chi connectivity index (χ4n) is 3.53. The zero-order valence-corrected chi connectivity index (χ0v) is 18.4. The normalized spacial score (nSPS) is 15.8. The van der Waals surface area contributed by atoms with E-state index in [1.54, 1.807) is 6.07 Å². The summed E-state index contributed by atoms with van der Waals surface area (Å²) in [6.45, 7) is 2.60. The quantitative estimate of drug-likeness (QED) is 0.365. The SMILES string of the molecule is Cc1ccc(Cl)c2sc(N(CC3CCCO3)C(=O)c3cc([N+](=O)[O-])cc([N+](=O)[O-])c3)nc12. The van der Waals surface area contributed by atoms with Gasteiger partial charge in [0.15, 0.2) is 5.13 Å². The van der Waals surface area contributed by atoms with E-state index in [1.807, 2.05) is 13.0 Å². The number of rotatable bonds is 6. The number of amides is 1. The first kappa shape index (κ1) is 22.1. The number of ether oxygens (including phenoxy) is 1. The monoisotopic (exact) mass is 476 g/mol. The van der Waals surface area contributed by atoms with Crippen molar-refractivity contribution in [1.29, 1.82) is 0 Å². The Morgan fingerprint density at radius 3 is 2.50 bits per heavy atom. The molecule has 1 unspecified atom stereocenters. The van der Waals surface area contributed by atoms with Crippen LogP contribution >= 0.6 is 22.9 Å². The topological polar surface area (TPSA) is 129 Å². The second-order valence-electron chi connectivity index (χ2n) is 7.34. The number of nitro benzene ring substituents is 2. The molecule has 1 saturated heterocycles. The summed E-state index contributed by atoms with van der Waals surface area (Å²) in [4.78, 5) is 40.5. The third kappa shape index (κ3) is 4.27. The number of non-ortho nitro benzene ring substituents is 2. The van der Waals surface area contributed by atoms with Crippen LogP contribution in [0.25, 0.3) is 10.2 Å². The fourth-order valence-corrected chi connectivity index (χ4v) is 4.86. The lowest BCUT2D eigenvalue weighted by molar-refractivity contribution is -0.394. The summed E-state index contributed by atoms with van der Waals surface area (Å²) in [5.41, 5.74) is 0.270. The van der Waals surface area contributed by atoms with Crippen molar-refractivity contribution in [3.05, 3.63) is 66.7 Å². The van der Waals surface area contributed by atoms with E-state index in [9.17, 15) is 25.0 Å². The van der Waals surface area contributed by atoms with Gasteiger partial charge < -0.3 is 4.74 Å².